The number of pyridine rings is 1. The number of rotatable bonds is 4. The molecule has 0 unspecified atom stereocenters. The molecule has 3 heterocycles. The third-order valence-electron chi connectivity index (χ3n) is 5.78. The van der Waals surface area contributed by atoms with Crippen LogP contribution in [0, 0.1) is 0 Å². The number of aryl methyl sites for hydroxylation is 1. The molecule has 0 saturated carbocycles. The van der Waals surface area contributed by atoms with Crippen molar-refractivity contribution in [1.82, 2.24) is 24.0 Å². The summed E-state index contributed by atoms with van der Waals surface area (Å²) in [6, 6.07) is 15.3. The Morgan fingerprint density at radius 1 is 0.838 bits per heavy atom. The number of aromatic nitrogens is 5. The summed E-state index contributed by atoms with van der Waals surface area (Å²) in [5.74, 6) is 0. The summed E-state index contributed by atoms with van der Waals surface area (Å²) in [4.78, 5) is 30.6. The Balaban J connectivity index is 1.83. The van der Waals surface area contributed by atoms with E-state index in [-0.39, 0.29) is 23.3 Å². The minimum absolute atomic E-state index is 0.180. The summed E-state index contributed by atoms with van der Waals surface area (Å²) in [6.45, 7) is -0.229. The van der Waals surface area contributed by atoms with Gasteiger partial charge in [0.1, 0.15) is 5.69 Å². The number of benzene rings is 2. The summed E-state index contributed by atoms with van der Waals surface area (Å²) in [7, 11) is 1.44. The molecule has 0 bridgehead atoms. The van der Waals surface area contributed by atoms with Gasteiger partial charge in [-0.3, -0.25) is 9.78 Å². The highest BCUT2D eigenvalue weighted by Crippen LogP contribution is 2.34. The maximum absolute atomic E-state index is 14.0. The van der Waals surface area contributed by atoms with Gasteiger partial charge in [-0.1, -0.05) is 53.5 Å². The van der Waals surface area contributed by atoms with Gasteiger partial charge in [0.05, 0.1) is 12.1 Å². The molecular weight excluding hydrogens is 530 g/mol. The van der Waals surface area contributed by atoms with Crippen LogP contribution in [-0.2, 0) is 19.8 Å². The van der Waals surface area contributed by atoms with Crippen LogP contribution < -0.4 is 11.2 Å². The molecule has 0 fully saturated rings. The van der Waals surface area contributed by atoms with Gasteiger partial charge in [-0.05, 0) is 47.0 Å². The minimum Gasteiger partial charge on any atom is -0.267 e. The number of hydrogen-bond donors (Lipinski definition) is 0. The predicted octanol–water partition coefficient (Wildman–Crippen LogP) is 5.30. The molecule has 188 valence electrons. The second-order valence-electron chi connectivity index (χ2n) is 8.22. The molecule has 0 amide bonds. The second kappa shape index (κ2) is 9.20. The largest absolute Gasteiger partial charge is 0.433 e. The average molecular weight is 546 g/mol. The fraction of sp³-hybridized carbons (Fsp3) is 0.120. The maximum Gasteiger partial charge on any atom is 0.433 e. The van der Waals surface area contributed by atoms with Crippen molar-refractivity contribution in [3.8, 4) is 22.3 Å². The van der Waals surface area contributed by atoms with Crippen LogP contribution in [0.3, 0.4) is 0 Å². The van der Waals surface area contributed by atoms with Gasteiger partial charge in [-0.15, -0.1) is 5.10 Å². The number of hydrogen-bond acceptors (Lipinski definition) is 4. The molecule has 5 aromatic rings. The van der Waals surface area contributed by atoms with Crippen LogP contribution in [0.25, 0.3) is 27.9 Å². The molecule has 2 aromatic carbocycles. The lowest BCUT2D eigenvalue weighted by Gasteiger charge is -2.16. The van der Waals surface area contributed by atoms with E-state index in [1.54, 1.807) is 48.5 Å². The van der Waals surface area contributed by atoms with Gasteiger partial charge in [-0.2, -0.15) is 17.7 Å². The first-order valence-electron chi connectivity index (χ1n) is 10.8. The van der Waals surface area contributed by atoms with Gasteiger partial charge in [-0.25, -0.2) is 14.2 Å². The first kappa shape index (κ1) is 24.8. The van der Waals surface area contributed by atoms with E-state index in [4.69, 9.17) is 23.2 Å². The van der Waals surface area contributed by atoms with E-state index >= 15 is 0 Å². The zero-order chi connectivity index (χ0) is 26.5. The number of halogens is 5. The van der Waals surface area contributed by atoms with Gasteiger partial charge < -0.3 is 0 Å². The lowest BCUT2D eigenvalue weighted by atomic mass is 9.96. The van der Waals surface area contributed by atoms with Crippen molar-refractivity contribution in [3.05, 3.63) is 109 Å². The molecule has 3 aromatic heterocycles. The Hall–Kier alpha value is -3.89. The highest BCUT2D eigenvalue weighted by atomic mass is 35.5. The summed E-state index contributed by atoms with van der Waals surface area (Å²) in [5.41, 5.74) is -0.0374. The van der Waals surface area contributed by atoms with Gasteiger partial charge in [0, 0.05) is 28.9 Å². The summed E-state index contributed by atoms with van der Waals surface area (Å²) in [6.07, 6.45) is -3.58. The number of alkyl halides is 3. The van der Waals surface area contributed by atoms with Crippen LogP contribution in [0.1, 0.15) is 11.3 Å². The van der Waals surface area contributed by atoms with Gasteiger partial charge in [0.15, 0.2) is 5.65 Å². The van der Waals surface area contributed by atoms with Crippen LogP contribution in [0.4, 0.5) is 13.2 Å². The van der Waals surface area contributed by atoms with Crippen LogP contribution >= 0.6 is 23.2 Å². The van der Waals surface area contributed by atoms with Crippen molar-refractivity contribution in [2.24, 2.45) is 7.05 Å². The molecule has 0 atom stereocenters. The molecule has 7 nitrogen and oxygen atoms in total. The first-order chi connectivity index (χ1) is 17.5. The lowest BCUT2D eigenvalue weighted by molar-refractivity contribution is -0.141. The SMILES string of the molecule is Cn1nc2c(-c3ccc(Cl)cc3)c(-c3ccc(Cl)cc3)c(=O)n(Cc3ccc(C(F)(F)F)nc3)n2c1=O. The van der Waals surface area contributed by atoms with Crippen LogP contribution in [0.5, 0.6) is 0 Å². The summed E-state index contributed by atoms with van der Waals surface area (Å²) < 4.78 is 42.3. The summed E-state index contributed by atoms with van der Waals surface area (Å²) in [5, 5.41) is 5.33. The molecule has 0 saturated heterocycles. The van der Waals surface area contributed by atoms with Crippen LogP contribution in [-0.4, -0.2) is 24.0 Å². The van der Waals surface area contributed by atoms with Crippen molar-refractivity contribution in [1.29, 1.82) is 0 Å². The van der Waals surface area contributed by atoms with E-state index in [0.29, 0.717) is 26.7 Å². The zero-order valence-electron chi connectivity index (χ0n) is 19.0. The fourth-order valence-corrected chi connectivity index (χ4v) is 4.29. The molecule has 37 heavy (non-hydrogen) atoms. The van der Waals surface area contributed by atoms with Gasteiger partial charge in [0.2, 0.25) is 0 Å². The molecule has 0 radical (unpaired) electrons. The molecule has 0 spiro atoms. The van der Waals surface area contributed by atoms with E-state index in [2.05, 4.69) is 10.1 Å². The van der Waals surface area contributed by atoms with Crippen molar-refractivity contribution in [3.63, 3.8) is 0 Å². The molecular formula is C25H16Cl2F3N5O2. The third kappa shape index (κ3) is 4.54. The Kier molecular flexibility index (Phi) is 6.17. The average Bonchev–Trinajstić information content (AvgIpc) is 3.15. The van der Waals surface area contributed by atoms with Crippen LogP contribution in [0.2, 0.25) is 10.0 Å². The standard InChI is InChI=1S/C25H16Cl2F3N5O2/c1-33-24(37)35-22(32-33)20(15-3-7-17(26)8-4-15)21(16-5-9-18(27)10-6-16)23(36)34(35)13-14-2-11-19(31-12-14)25(28,29)30/h2-12H,13H2,1H3. The summed E-state index contributed by atoms with van der Waals surface area (Å²) >= 11 is 12.1. The Bertz CT molecular complexity index is 1740. The Morgan fingerprint density at radius 3 is 1.92 bits per heavy atom. The Labute approximate surface area is 216 Å². The van der Waals surface area contributed by atoms with E-state index in [1.807, 2.05) is 0 Å². The van der Waals surface area contributed by atoms with Crippen molar-refractivity contribution in [2.45, 2.75) is 12.7 Å². The number of fused-ring (bicyclic) bond motifs is 1. The Morgan fingerprint density at radius 2 is 1.41 bits per heavy atom. The quantitative estimate of drug-likeness (QED) is 0.307. The van der Waals surface area contributed by atoms with E-state index < -0.39 is 23.1 Å². The molecule has 0 N–H and O–H groups in total. The first-order valence-corrected chi connectivity index (χ1v) is 11.6. The fourth-order valence-electron chi connectivity index (χ4n) is 4.04. The molecule has 0 aliphatic heterocycles. The van der Waals surface area contributed by atoms with Crippen molar-refractivity contribution < 1.29 is 13.2 Å². The molecule has 0 aliphatic carbocycles. The van der Waals surface area contributed by atoms with E-state index in [9.17, 15) is 22.8 Å². The van der Waals surface area contributed by atoms with Gasteiger partial charge in [0.25, 0.3) is 5.56 Å². The third-order valence-corrected chi connectivity index (χ3v) is 6.28. The van der Waals surface area contributed by atoms with Crippen molar-refractivity contribution in [2.75, 3.05) is 0 Å². The highest BCUT2D eigenvalue weighted by Gasteiger charge is 2.32. The van der Waals surface area contributed by atoms with Gasteiger partial charge >= 0.3 is 11.9 Å². The smallest absolute Gasteiger partial charge is 0.267 e. The molecule has 12 heteroatoms. The normalized spacial score (nSPS) is 11.8. The minimum atomic E-state index is -4.61. The maximum atomic E-state index is 14.0. The van der Waals surface area contributed by atoms with E-state index in [0.717, 1.165) is 26.1 Å². The highest BCUT2D eigenvalue weighted by molar-refractivity contribution is 6.31. The van der Waals surface area contributed by atoms with Crippen LogP contribution in [0.15, 0.2) is 76.4 Å². The monoisotopic (exact) mass is 545 g/mol. The lowest BCUT2D eigenvalue weighted by Crippen LogP contribution is -2.35. The zero-order valence-corrected chi connectivity index (χ0v) is 20.5. The van der Waals surface area contributed by atoms with E-state index in [1.165, 1.54) is 13.1 Å². The molecule has 5 rings (SSSR count). The van der Waals surface area contributed by atoms with Crippen molar-refractivity contribution >= 4 is 28.8 Å². The molecule has 0 aliphatic rings. The second-order valence-corrected chi connectivity index (χ2v) is 9.09. The predicted molar refractivity (Wildman–Crippen MR) is 134 cm³/mol. The topological polar surface area (TPSA) is 74.2 Å². The number of nitrogens with zero attached hydrogens (tertiary/aromatic N) is 5.